The van der Waals surface area contributed by atoms with Gasteiger partial charge in [0, 0.05) is 11.8 Å². The number of rotatable bonds is 2. The summed E-state index contributed by atoms with van der Waals surface area (Å²) >= 11 is 4.82. The van der Waals surface area contributed by atoms with Gasteiger partial charge in [0.15, 0.2) is 0 Å². The first-order valence-corrected chi connectivity index (χ1v) is 3.92. The average molecular weight is 200 g/mol. The van der Waals surface area contributed by atoms with Crippen molar-refractivity contribution < 1.29 is 9.53 Å². The van der Waals surface area contributed by atoms with E-state index in [9.17, 15) is 9.59 Å². The molecule has 0 aliphatic rings. The summed E-state index contributed by atoms with van der Waals surface area (Å²) in [7, 11) is 1.29. The summed E-state index contributed by atoms with van der Waals surface area (Å²) in [5, 5.41) is 0. The number of nitrogens with one attached hydrogen (secondary N) is 2. The summed E-state index contributed by atoms with van der Waals surface area (Å²) in [6.45, 7) is 0. The molecular weight excluding hydrogens is 192 g/mol. The van der Waals surface area contributed by atoms with Crippen LogP contribution in [0.25, 0.3) is 0 Å². The fourth-order valence-electron chi connectivity index (χ4n) is 0.797. The van der Waals surface area contributed by atoms with Crippen LogP contribution in [0.4, 0.5) is 0 Å². The van der Waals surface area contributed by atoms with E-state index in [0.29, 0.717) is 5.56 Å². The number of H-pyrrole nitrogens is 2. The van der Waals surface area contributed by atoms with Crippen LogP contribution in [0.3, 0.4) is 0 Å². The molecule has 0 fully saturated rings. The van der Waals surface area contributed by atoms with Crippen molar-refractivity contribution in [1.29, 1.82) is 0 Å². The molecule has 1 aromatic heterocycles. The molecule has 1 heterocycles. The van der Waals surface area contributed by atoms with E-state index in [1.54, 1.807) is 0 Å². The quantitative estimate of drug-likeness (QED) is 0.526. The van der Waals surface area contributed by atoms with Crippen LogP contribution >= 0.6 is 12.2 Å². The minimum absolute atomic E-state index is 0.0581. The van der Waals surface area contributed by atoms with Crippen molar-refractivity contribution in [2.24, 2.45) is 0 Å². The molecule has 0 saturated heterocycles. The van der Waals surface area contributed by atoms with Crippen LogP contribution in [0.2, 0.25) is 0 Å². The topological polar surface area (TPSA) is 75.0 Å². The fraction of sp³-hybridized carbons (Fsp3) is 0.286. The minimum Gasteiger partial charge on any atom is -0.469 e. The molecule has 0 amide bonds. The Morgan fingerprint density at radius 1 is 1.69 bits per heavy atom. The number of ether oxygens (including phenoxy) is 1. The van der Waals surface area contributed by atoms with Crippen molar-refractivity contribution in [3.63, 3.8) is 0 Å². The highest BCUT2D eigenvalue weighted by Gasteiger charge is 2.04. The third-order valence-corrected chi connectivity index (χ3v) is 1.82. The van der Waals surface area contributed by atoms with E-state index in [1.807, 2.05) is 0 Å². The molecule has 2 N–H and O–H groups in total. The van der Waals surface area contributed by atoms with Crippen molar-refractivity contribution in [2.45, 2.75) is 6.42 Å². The number of methoxy groups -OCH3 is 1. The van der Waals surface area contributed by atoms with Gasteiger partial charge in [-0.3, -0.25) is 9.78 Å². The lowest BCUT2D eigenvalue weighted by molar-refractivity contribution is -0.139. The molecule has 70 valence electrons. The maximum absolute atomic E-state index is 10.8. The number of carbonyl (C=O) groups is 1. The van der Waals surface area contributed by atoms with Gasteiger partial charge in [-0.25, -0.2) is 4.79 Å². The van der Waals surface area contributed by atoms with Crippen LogP contribution in [0, 0.1) is 4.64 Å². The van der Waals surface area contributed by atoms with E-state index in [2.05, 4.69) is 14.7 Å². The lowest BCUT2D eigenvalue weighted by Gasteiger charge is -1.98. The van der Waals surface area contributed by atoms with Gasteiger partial charge in [-0.05, 0) is 0 Å². The molecule has 0 saturated carbocycles. The summed E-state index contributed by atoms with van der Waals surface area (Å²) in [5.41, 5.74) is 0.153. The first-order valence-electron chi connectivity index (χ1n) is 3.51. The van der Waals surface area contributed by atoms with Crippen molar-refractivity contribution in [3.05, 3.63) is 26.9 Å². The van der Waals surface area contributed by atoms with Crippen LogP contribution in [0.5, 0.6) is 0 Å². The van der Waals surface area contributed by atoms with E-state index in [4.69, 9.17) is 12.2 Å². The Balaban J connectivity index is 2.97. The maximum Gasteiger partial charge on any atom is 0.323 e. The highest BCUT2D eigenvalue weighted by Crippen LogP contribution is 1.97. The molecule has 0 bridgehead atoms. The van der Waals surface area contributed by atoms with E-state index in [0.717, 1.165) is 0 Å². The van der Waals surface area contributed by atoms with E-state index in [1.165, 1.54) is 13.3 Å². The second-order valence-electron chi connectivity index (χ2n) is 2.35. The summed E-state index contributed by atoms with van der Waals surface area (Å²) in [6.07, 6.45) is 1.46. The predicted octanol–water partition coefficient (Wildman–Crippen LogP) is 0.148. The Hall–Kier alpha value is -1.43. The lowest BCUT2D eigenvalue weighted by Crippen LogP contribution is -2.13. The highest BCUT2D eigenvalue weighted by atomic mass is 32.1. The summed E-state index contributed by atoms with van der Waals surface area (Å²) in [4.78, 5) is 26.3. The monoisotopic (exact) mass is 200 g/mol. The summed E-state index contributed by atoms with van der Waals surface area (Å²) in [6, 6.07) is 0. The van der Waals surface area contributed by atoms with Crippen molar-refractivity contribution in [1.82, 2.24) is 9.97 Å². The smallest absolute Gasteiger partial charge is 0.323 e. The zero-order valence-corrected chi connectivity index (χ0v) is 7.73. The van der Waals surface area contributed by atoms with Crippen LogP contribution < -0.4 is 5.69 Å². The first kappa shape index (κ1) is 9.66. The van der Waals surface area contributed by atoms with E-state index >= 15 is 0 Å². The van der Waals surface area contributed by atoms with Crippen molar-refractivity contribution in [3.8, 4) is 0 Å². The van der Waals surface area contributed by atoms with Crippen LogP contribution in [0.1, 0.15) is 5.56 Å². The molecule has 6 heteroatoms. The second-order valence-corrected chi connectivity index (χ2v) is 2.76. The average Bonchev–Trinajstić information content (AvgIpc) is 2.09. The normalized spacial score (nSPS) is 9.62. The summed E-state index contributed by atoms with van der Waals surface area (Å²) in [5.74, 6) is -0.397. The standard InChI is InChI=1S/C7H8N2O3S/c1-12-5(10)2-4-3-8-7(11)9-6(4)13/h3H,2H2,1H3,(H2,8,9,11,13). The zero-order valence-electron chi connectivity index (χ0n) is 6.92. The van der Waals surface area contributed by atoms with Gasteiger partial charge >= 0.3 is 11.7 Å². The highest BCUT2D eigenvalue weighted by molar-refractivity contribution is 7.71. The van der Waals surface area contributed by atoms with Crippen LogP contribution in [-0.4, -0.2) is 23.0 Å². The number of aromatic amines is 2. The van der Waals surface area contributed by atoms with Crippen LogP contribution in [-0.2, 0) is 16.0 Å². The molecule has 1 rings (SSSR count). The van der Waals surface area contributed by atoms with Crippen LogP contribution in [0.15, 0.2) is 11.0 Å². The lowest BCUT2D eigenvalue weighted by atomic mass is 10.2. The number of hydrogen-bond acceptors (Lipinski definition) is 4. The van der Waals surface area contributed by atoms with E-state index < -0.39 is 11.7 Å². The minimum atomic E-state index is -0.397. The number of esters is 1. The van der Waals surface area contributed by atoms with E-state index in [-0.39, 0.29) is 11.1 Å². The maximum atomic E-state index is 10.8. The molecule has 0 aliphatic heterocycles. The van der Waals surface area contributed by atoms with Gasteiger partial charge < -0.3 is 9.72 Å². The third-order valence-electron chi connectivity index (χ3n) is 1.46. The van der Waals surface area contributed by atoms with Gasteiger partial charge in [0.1, 0.15) is 4.64 Å². The molecule has 0 radical (unpaired) electrons. The number of carbonyl (C=O) groups excluding carboxylic acids is 1. The number of aromatic nitrogens is 2. The Morgan fingerprint density at radius 3 is 2.92 bits per heavy atom. The second kappa shape index (κ2) is 3.99. The first-order chi connectivity index (χ1) is 6.13. The van der Waals surface area contributed by atoms with Gasteiger partial charge in [-0.1, -0.05) is 12.2 Å². The molecule has 0 atom stereocenters. The molecule has 13 heavy (non-hydrogen) atoms. The summed E-state index contributed by atoms with van der Waals surface area (Å²) < 4.78 is 4.71. The molecule has 0 spiro atoms. The van der Waals surface area contributed by atoms with Gasteiger partial charge in [0.05, 0.1) is 13.5 Å². The zero-order chi connectivity index (χ0) is 9.84. The fourth-order valence-corrected chi connectivity index (χ4v) is 1.02. The van der Waals surface area contributed by atoms with Gasteiger partial charge in [0.2, 0.25) is 0 Å². The van der Waals surface area contributed by atoms with Gasteiger partial charge in [-0.15, -0.1) is 0 Å². The molecule has 0 aliphatic carbocycles. The molecule has 0 unspecified atom stereocenters. The van der Waals surface area contributed by atoms with Crippen molar-refractivity contribution in [2.75, 3.05) is 7.11 Å². The Labute approximate surface area is 78.8 Å². The largest absolute Gasteiger partial charge is 0.469 e. The Bertz CT molecular complexity index is 420. The Morgan fingerprint density at radius 2 is 2.38 bits per heavy atom. The Kier molecular flexibility index (Phi) is 2.97. The predicted molar refractivity (Wildman–Crippen MR) is 48.0 cm³/mol. The number of hydrogen-bond donors (Lipinski definition) is 2. The van der Waals surface area contributed by atoms with Gasteiger partial charge in [-0.2, -0.15) is 0 Å². The van der Waals surface area contributed by atoms with Gasteiger partial charge in [0.25, 0.3) is 0 Å². The molecular formula is C7H8N2O3S. The molecule has 5 nitrogen and oxygen atoms in total. The third kappa shape index (κ3) is 2.51. The molecule has 1 aromatic rings. The SMILES string of the molecule is COC(=O)Cc1c[nH]c(=O)[nH]c1=S. The molecule has 0 aromatic carbocycles. The van der Waals surface area contributed by atoms with Crippen molar-refractivity contribution >= 4 is 18.2 Å².